The van der Waals surface area contributed by atoms with Crippen LogP contribution in [0.2, 0.25) is 0 Å². The maximum atomic E-state index is 5.68. The molecular weight excluding hydrogens is 162 g/mol. The van der Waals surface area contributed by atoms with Crippen molar-refractivity contribution in [3.05, 3.63) is 0 Å². The van der Waals surface area contributed by atoms with Gasteiger partial charge in [0.25, 0.3) is 0 Å². The maximum Gasteiger partial charge on any atom is 0.0649 e. The van der Waals surface area contributed by atoms with Crippen LogP contribution in [0.4, 0.5) is 0 Å². The third-order valence-corrected chi connectivity index (χ3v) is 2.69. The van der Waals surface area contributed by atoms with E-state index in [-0.39, 0.29) is 5.54 Å². The summed E-state index contributed by atoms with van der Waals surface area (Å²) in [6, 6.07) is 0. The van der Waals surface area contributed by atoms with E-state index < -0.39 is 0 Å². The van der Waals surface area contributed by atoms with Crippen LogP contribution in [-0.2, 0) is 4.74 Å². The Hall–Kier alpha value is -0.0800. The van der Waals surface area contributed by atoms with Gasteiger partial charge >= 0.3 is 0 Å². The molecule has 2 heteroatoms. The molecule has 1 atom stereocenters. The molecule has 1 rings (SSSR count). The summed E-state index contributed by atoms with van der Waals surface area (Å²) in [5, 5.41) is 3.59. The maximum absolute atomic E-state index is 5.68. The Morgan fingerprint density at radius 3 is 2.77 bits per heavy atom. The summed E-state index contributed by atoms with van der Waals surface area (Å²) in [6.45, 7) is 8.48. The Bertz CT molecular complexity index is 137. The van der Waals surface area contributed by atoms with Gasteiger partial charge in [0, 0.05) is 5.54 Å². The van der Waals surface area contributed by atoms with Crippen molar-refractivity contribution in [3.8, 4) is 0 Å². The smallest absolute Gasteiger partial charge is 0.0649 e. The average Bonchev–Trinajstić information content (AvgIpc) is 2.28. The molecule has 0 radical (unpaired) electrons. The highest BCUT2D eigenvalue weighted by Gasteiger charge is 2.25. The third-order valence-electron chi connectivity index (χ3n) is 2.69. The number of hydrogen-bond donors (Lipinski definition) is 1. The highest BCUT2D eigenvalue weighted by molar-refractivity contribution is 4.84. The second-order valence-corrected chi connectivity index (χ2v) is 4.66. The summed E-state index contributed by atoms with van der Waals surface area (Å²) in [7, 11) is 0. The number of rotatable bonds is 3. The van der Waals surface area contributed by atoms with Gasteiger partial charge in [-0.2, -0.15) is 0 Å². The molecule has 0 spiro atoms. The highest BCUT2D eigenvalue weighted by Crippen LogP contribution is 2.19. The van der Waals surface area contributed by atoms with E-state index in [1.54, 1.807) is 0 Å². The molecule has 0 bridgehead atoms. The molecule has 0 aromatic heterocycles. The Kier molecular flexibility index (Phi) is 4.20. The van der Waals surface area contributed by atoms with Crippen LogP contribution in [0.25, 0.3) is 0 Å². The van der Waals surface area contributed by atoms with E-state index >= 15 is 0 Å². The first-order valence-corrected chi connectivity index (χ1v) is 5.49. The van der Waals surface area contributed by atoms with Crippen molar-refractivity contribution in [3.63, 3.8) is 0 Å². The first kappa shape index (κ1) is 11.0. The molecule has 1 saturated heterocycles. The van der Waals surface area contributed by atoms with Crippen molar-refractivity contribution in [2.75, 3.05) is 13.2 Å². The van der Waals surface area contributed by atoms with Crippen molar-refractivity contribution >= 4 is 0 Å². The average molecular weight is 185 g/mol. The van der Waals surface area contributed by atoms with Crippen molar-refractivity contribution < 1.29 is 4.74 Å². The van der Waals surface area contributed by atoms with Gasteiger partial charge in [0.2, 0.25) is 0 Å². The fourth-order valence-corrected chi connectivity index (χ4v) is 1.77. The molecule has 1 aliphatic rings. The second-order valence-electron chi connectivity index (χ2n) is 4.66. The van der Waals surface area contributed by atoms with E-state index in [0.29, 0.717) is 6.10 Å². The molecule has 13 heavy (non-hydrogen) atoms. The SMILES string of the molecule is CC(C)OCC1(C)CCCCCN1. The van der Waals surface area contributed by atoms with Gasteiger partial charge in [-0.15, -0.1) is 0 Å². The molecule has 1 aliphatic heterocycles. The predicted molar refractivity (Wildman–Crippen MR) is 56.0 cm³/mol. The minimum Gasteiger partial charge on any atom is -0.377 e. The molecule has 1 heterocycles. The van der Waals surface area contributed by atoms with Crippen LogP contribution >= 0.6 is 0 Å². The zero-order valence-electron chi connectivity index (χ0n) is 9.23. The van der Waals surface area contributed by atoms with E-state index in [1.165, 1.54) is 25.7 Å². The van der Waals surface area contributed by atoms with Gasteiger partial charge in [0.05, 0.1) is 12.7 Å². The van der Waals surface area contributed by atoms with Gasteiger partial charge in [-0.1, -0.05) is 12.8 Å². The number of hydrogen-bond acceptors (Lipinski definition) is 2. The zero-order chi connectivity index (χ0) is 9.73. The van der Waals surface area contributed by atoms with E-state index in [9.17, 15) is 0 Å². The molecule has 0 aromatic carbocycles. The van der Waals surface area contributed by atoms with Gasteiger partial charge in [0.1, 0.15) is 0 Å². The van der Waals surface area contributed by atoms with Gasteiger partial charge < -0.3 is 10.1 Å². The molecule has 1 unspecified atom stereocenters. The Morgan fingerprint density at radius 2 is 2.08 bits per heavy atom. The van der Waals surface area contributed by atoms with Crippen LogP contribution in [0.5, 0.6) is 0 Å². The summed E-state index contributed by atoms with van der Waals surface area (Å²) >= 11 is 0. The van der Waals surface area contributed by atoms with Gasteiger partial charge in [-0.3, -0.25) is 0 Å². The highest BCUT2D eigenvalue weighted by atomic mass is 16.5. The molecule has 1 fully saturated rings. The Labute approximate surface area is 82.0 Å². The van der Waals surface area contributed by atoms with Gasteiger partial charge in [0.15, 0.2) is 0 Å². The molecule has 78 valence electrons. The lowest BCUT2D eigenvalue weighted by Crippen LogP contribution is -2.46. The van der Waals surface area contributed by atoms with E-state index in [2.05, 4.69) is 26.1 Å². The summed E-state index contributed by atoms with van der Waals surface area (Å²) in [4.78, 5) is 0. The van der Waals surface area contributed by atoms with E-state index in [4.69, 9.17) is 4.74 Å². The third kappa shape index (κ3) is 4.10. The van der Waals surface area contributed by atoms with Crippen LogP contribution in [0.3, 0.4) is 0 Å². The molecule has 1 N–H and O–H groups in total. The van der Waals surface area contributed by atoms with Crippen molar-refractivity contribution in [2.45, 2.75) is 58.1 Å². The summed E-state index contributed by atoms with van der Waals surface area (Å²) < 4.78 is 5.68. The first-order chi connectivity index (χ1) is 6.12. The lowest BCUT2D eigenvalue weighted by atomic mass is 9.97. The Balaban J connectivity index is 2.33. The fourth-order valence-electron chi connectivity index (χ4n) is 1.77. The number of ether oxygens (including phenoxy) is 1. The second kappa shape index (κ2) is 4.97. The summed E-state index contributed by atoms with van der Waals surface area (Å²) in [5.41, 5.74) is 0.223. The largest absolute Gasteiger partial charge is 0.377 e. The fraction of sp³-hybridized carbons (Fsp3) is 1.00. The monoisotopic (exact) mass is 185 g/mol. The lowest BCUT2D eigenvalue weighted by molar-refractivity contribution is 0.0318. The topological polar surface area (TPSA) is 21.3 Å². The van der Waals surface area contributed by atoms with Crippen LogP contribution in [-0.4, -0.2) is 24.8 Å². The predicted octanol–water partition coefficient (Wildman–Crippen LogP) is 2.33. The molecule has 2 nitrogen and oxygen atoms in total. The lowest BCUT2D eigenvalue weighted by Gasteiger charge is -2.30. The minimum atomic E-state index is 0.223. The number of nitrogens with one attached hydrogen (secondary N) is 1. The van der Waals surface area contributed by atoms with Gasteiger partial charge in [-0.25, -0.2) is 0 Å². The standard InChI is InChI=1S/C11H23NO/c1-10(2)13-9-11(3)7-5-4-6-8-12-11/h10,12H,4-9H2,1-3H3. The van der Waals surface area contributed by atoms with Crippen LogP contribution in [0.15, 0.2) is 0 Å². The van der Waals surface area contributed by atoms with Crippen molar-refractivity contribution in [1.82, 2.24) is 5.32 Å². The van der Waals surface area contributed by atoms with Crippen LogP contribution in [0, 0.1) is 0 Å². The normalized spacial score (nSPS) is 30.5. The first-order valence-electron chi connectivity index (χ1n) is 5.49. The summed E-state index contributed by atoms with van der Waals surface area (Å²) in [5.74, 6) is 0. The Morgan fingerprint density at radius 1 is 1.31 bits per heavy atom. The molecular formula is C11H23NO. The molecule has 0 saturated carbocycles. The zero-order valence-corrected chi connectivity index (χ0v) is 9.23. The summed E-state index contributed by atoms with van der Waals surface area (Å²) in [6.07, 6.45) is 5.62. The quantitative estimate of drug-likeness (QED) is 0.728. The van der Waals surface area contributed by atoms with E-state index in [1.807, 2.05) is 0 Å². The molecule has 0 aromatic rings. The van der Waals surface area contributed by atoms with Crippen molar-refractivity contribution in [1.29, 1.82) is 0 Å². The van der Waals surface area contributed by atoms with Crippen LogP contribution in [0.1, 0.15) is 46.5 Å². The van der Waals surface area contributed by atoms with E-state index in [0.717, 1.165) is 13.2 Å². The minimum absolute atomic E-state index is 0.223. The van der Waals surface area contributed by atoms with Crippen molar-refractivity contribution in [2.24, 2.45) is 0 Å². The van der Waals surface area contributed by atoms with Gasteiger partial charge in [-0.05, 0) is 40.2 Å². The molecule has 0 amide bonds. The molecule has 0 aliphatic carbocycles. The van der Waals surface area contributed by atoms with Crippen LogP contribution < -0.4 is 5.32 Å².